The number of nitrogens with one attached hydrogen (secondary N) is 2. The van der Waals surface area contributed by atoms with Crippen molar-refractivity contribution in [3.8, 4) is 0 Å². The Morgan fingerprint density at radius 3 is 2.54 bits per heavy atom. The predicted octanol–water partition coefficient (Wildman–Crippen LogP) is 0.579. The van der Waals surface area contributed by atoms with Gasteiger partial charge in [0.2, 0.25) is 11.8 Å². The lowest BCUT2D eigenvalue weighted by molar-refractivity contribution is -0.138. The molecule has 8 heteroatoms. The molecule has 0 bridgehead atoms. The first-order valence-electron chi connectivity index (χ1n) is 10.2. The van der Waals surface area contributed by atoms with Gasteiger partial charge in [-0.25, -0.2) is 9.82 Å². The maximum Gasteiger partial charge on any atom is 0.235 e. The summed E-state index contributed by atoms with van der Waals surface area (Å²) in [6.07, 6.45) is 2.40. The van der Waals surface area contributed by atoms with E-state index in [1.807, 2.05) is 4.90 Å². The number of hydrogen-bond acceptors (Lipinski definition) is 5. The number of benzene rings is 1. The van der Waals surface area contributed by atoms with Crippen LogP contribution in [0.1, 0.15) is 19.3 Å². The number of nitrogens with zero attached hydrogens (tertiary/aromatic N) is 3. The van der Waals surface area contributed by atoms with Crippen LogP contribution in [0.2, 0.25) is 0 Å². The maximum atomic E-state index is 13.1. The van der Waals surface area contributed by atoms with Crippen LogP contribution in [0.5, 0.6) is 0 Å². The molecule has 4 rings (SSSR count). The molecule has 3 aliphatic heterocycles. The molecular weight excluding hydrogens is 361 g/mol. The molecule has 0 aliphatic carbocycles. The molecule has 1 aromatic rings. The van der Waals surface area contributed by atoms with E-state index in [1.54, 1.807) is 12.1 Å². The van der Waals surface area contributed by atoms with Crippen LogP contribution < -0.4 is 15.8 Å². The third-order valence-corrected chi connectivity index (χ3v) is 6.09. The summed E-state index contributed by atoms with van der Waals surface area (Å²) in [5.74, 6) is 0.0273. The van der Waals surface area contributed by atoms with Gasteiger partial charge in [-0.05, 0) is 43.7 Å². The molecule has 2 atom stereocenters. The van der Waals surface area contributed by atoms with Crippen LogP contribution >= 0.6 is 0 Å². The van der Waals surface area contributed by atoms with E-state index in [2.05, 4.69) is 20.7 Å². The summed E-state index contributed by atoms with van der Waals surface area (Å²) in [6.45, 7) is 5.32. The summed E-state index contributed by atoms with van der Waals surface area (Å²) < 4.78 is 13.1. The molecule has 7 nitrogen and oxygen atoms in total. The molecule has 3 fully saturated rings. The van der Waals surface area contributed by atoms with Crippen molar-refractivity contribution in [1.29, 1.82) is 0 Å². The van der Waals surface area contributed by atoms with Gasteiger partial charge in [-0.2, -0.15) is 0 Å². The Hall–Kier alpha value is -2.19. The number of carbonyl (C=O) groups is 2. The molecular formula is C20H28FN5O2. The third kappa shape index (κ3) is 4.28. The highest BCUT2D eigenvalue weighted by atomic mass is 19.1. The molecule has 152 valence electrons. The highest BCUT2D eigenvalue weighted by molar-refractivity contribution is 5.79. The van der Waals surface area contributed by atoms with Crippen LogP contribution in [0.15, 0.2) is 24.3 Å². The molecule has 2 unspecified atom stereocenters. The van der Waals surface area contributed by atoms with Gasteiger partial charge in [0.1, 0.15) is 5.82 Å². The van der Waals surface area contributed by atoms with Gasteiger partial charge in [0, 0.05) is 57.4 Å². The fourth-order valence-electron chi connectivity index (χ4n) is 4.50. The average Bonchev–Trinajstić information content (AvgIpc) is 2.74. The summed E-state index contributed by atoms with van der Waals surface area (Å²) in [7, 11) is 0. The molecule has 0 aromatic heterocycles. The fourth-order valence-corrected chi connectivity index (χ4v) is 4.50. The SMILES string of the molecule is O=C1CC(N2CCCC(C(=O)N3CCN(c4ccc(F)cc4)CC3)C2)CNN1. The van der Waals surface area contributed by atoms with E-state index >= 15 is 0 Å². The number of carbonyl (C=O) groups excluding carboxylic acids is 2. The van der Waals surface area contributed by atoms with Crippen LogP contribution in [-0.4, -0.2) is 73.5 Å². The van der Waals surface area contributed by atoms with Crippen molar-refractivity contribution in [3.63, 3.8) is 0 Å². The third-order valence-electron chi connectivity index (χ3n) is 6.09. The van der Waals surface area contributed by atoms with Crippen molar-refractivity contribution >= 4 is 17.5 Å². The number of amides is 2. The van der Waals surface area contributed by atoms with E-state index < -0.39 is 0 Å². The maximum absolute atomic E-state index is 13.1. The number of piperazine rings is 1. The molecule has 0 spiro atoms. The normalized spacial score (nSPS) is 26.8. The van der Waals surface area contributed by atoms with E-state index in [4.69, 9.17) is 0 Å². The monoisotopic (exact) mass is 389 g/mol. The van der Waals surface area contributed by atoms with E-state index in [1.165, 1.54) is 12.1 Å². The van der Waals surface area contributed by atoms with Crippen LogP contribution in [0, 0.1) is 11.7 Å². The zero-order valence-electron chi connectivity index (χ0n) is 16.1. The van der Waals surface area contributed by atoms with Crippen molar-refractivity contribution in [2.75, 3.05) is 50.7 Å². The molecule has 2 amide bonds. The second-order valence-corrected chi connectivity index (χ2v) is 7.91. The lowest BCUT2D eigenvalue weighted by Crippen LogP contribution is -2.58. The number of piperidine rings is 1. The van der Waals surface area contributed by atoms with Gasteiger partial charge in [-0.1, -0.05) is 0 Å². The zero-order valence-corrected chi connectivity index (χ0v) is 16.1. The Balaban J connectivity index is 1.30. The average molecular weight is 389 g/mol. The first kappa shape index (κ1) is 19.1. The quantitative estimate of drug-likeness (QED) is 0.792. The summed E-state index contributed by atoms with van der Waals surface area (Å²) >= 11 is 0. The summed E-state index contributed by atoms with van der Waals surface area (Å²) in [5.41, 5.74) is 6.59. The minimum absolute atomic E-state index is 0.0103. The first-order valence-corrected chi connectivity index (χ1v) is 10.2. The van der Waals surface area contributed by atoms with Gasteiger partial charge < -0.3 is 9.80 Å². The minimum Gasteiger partial charge on any atom is -0.368 e. The Bertz CT molecular complexity index is 705. The highest BCUT2D eigenvalue weighted by Crippen LogP contribution is 2.24. The smallest absolute Gasteiger partial charge is 0.235 e. The van der Waals surface area contributed by atoms with Crippen molar-refractivity contribution in [2.24, 2.45) is 5.92 Å². The molecule has 0 radical (unpaired) electrons. The lowest BCUT2D eigenvalue weighted by atomic mass is 9.94. The predicted molar refractivity (Wildman–Crippen MR) is 104 cm³/mol. The molecule has 3 aliphatic rings. The van der Waals surface area contributed by atoms with Gasteiger partial charge in [0.15, 0.2) is 0 Å². The number of halogens is 1. The largest absolute Gasteiger partial charge is 0.368 e. The van der Waals surface area contributed by atoms with Gasteiger partial charge in [0.05, 0.1) is 5.92 Å². The summed E-state index contributed by atoms with van der Waals surface area (Å²) in [5, 5.41) is 0. The molecule has 3 saturated heterocycles. The number of hydrazine groups is 1. The number of likely N-dealkylation sites (tertiary alicyclic amines) is 1. The number of anilines is 1. The molecule has 3 heterocycles. The second kappa shape index (κ2) is 8.45. The van der Waals surface area contributed by atoms with E-state index in [-0.39, 0.29) is 29.6 Å². The van der Waals surface area contributed by atoms with Crippen molar-refractivity contribution in [3.05, 3.63) is 30.1 Å². The van der Waals surface area contributed by atoms with E-state index in [0.717, 1.165) is 51.3 Å². The standard InChI is InChI=1S/C20H28FN5O2/c21-16-3-5-17(6-4-16)24-8-10-25(11-9-24)20(28)15-2-1-7-26(14-15)18-12-19(27)23-22-13-18/h3-6,15,18,22H,1-2,7-14H2,(H,23,27). The lowest BCUT2D eigenvalue weighted by Gasteiger charge is -2.42. The molecule has 0 saturated carbocycles. The zero-order chi connectivity index (χ0) is 19.5. The first-order chi connectivity index (χ1) is 13.6. The van der Waals surface area contributed by atoms with Gasteiger partial charge in [-0.3, -0.25) is 19.9 Å². The van der Waals surface area contributed by atoms with Crippen molar-refractivity contribution < 1.29 is 14.0 Å². The highest BCUT2D eigenvalue weighted by Gasteiger charge is 2.34. The number of rotatable bonds is 3. The topological polar surface area (TPSA) is 67.9 Å². The van der Waals surface area contributed by atoms with Crippen LogP contribution in [-0.2, 0) is 9.59 Å². The van der Waals surface area contributed by atoms with Gasteiger partial charge in [-0.15, -0.1) is 0 Å². The van der Waals surface area contributed by atoms with Crippen LogP contribution in [0.3, 0.4) is 0 Å². The van der Waals surface area contributed by atoms with E-state index in [9.17, 15) is 14.0 Å². The van der Waals surface area contributed by atoms with Gasteiger partial charge in [0.25, 0.3) is 0 Å². The number of hydrogen-bond donors (Lipinski definition) is 2. The minimum atomic E-state index is -0.231. The van der Waals surface area contributed by atoms with Crippen molar-refractivity contribution in [1.82, 2.24) is 20.7 Å². The Labute approximate surface area is 164 Å². The molecule has 1 aromatic carbocycles. The fraction of sp³-hybridized carbons (Fsp3) is 0.600. The van der Waals surface area contributed by atoms with Crippen LogP contribution in [0.4, 0.5) is 10.1 Å². The Kier molecular flexibility index (Phi) is 5.77. The van der Waals surface area contributed by atoms with E-state index in [0.29, 0.717) is 19.5 Å². The second-order valence-electron chi connectivity index (χ2n) is 7.91. The summed E-state index contributed by atoms with van der Waals surface area (Å²) in [4.78, 5) is 31.2. The molecule has 2 N–H and O–H groups in total. The van der Waals surface area contributed by atoms with Crippen molar-refractivity contribution in [2.45, 2.75) is 25.3 Å². The Morgan fingerprint density at radius 1 is 1.07 bits per heavy atom. The Morgan fingerprint density at radius 2 is 1.82 bits per heavy atom. The van der Waals surface area contributed by atoms with Crippen LogP contribution in [0.25, 0.3) is 0 Å². The molecule has 28 heavy (non-hydrogen) atoms. The van der Waals surface area contributed by atoms with Gasteiger partial charge >= 0.3 is 0 Å². The summed E-state index contributed by atoms with van der Waals surface area (Å²) in [6, 6.07) is 6.70.